The Bertz CT molecular complexity index is 522. The summed E-state index contributed by atoms with van der Waals surface area (Å²) in [6.45, 7) is 0. The molecule has 0 aliphatic rings. The molecule has 0 bridgehead atoms. The summed E-state index contributed by atoms with van der Waals surface area (Å²) in [6, 6.07) is 7.65. The Balaban J connectivity index is 2.56. The van der Waals surface area contributed by atoms with Crippen LogP contribution in [0.3, 0.4) is 0 Å². The van der Waals surface area contributed by atoms with Gasteiger partial charge in [0.2, 0.25) is 0 Å². The topological polar surface area (TPSA) is 12.9 Å². The molecular formula is C11H8F3NS. The summed E-state index contributed by atoms with van der Waals surface area (Å²) < 4.78 is 37.2. The van der Waals surface area contributed by atoms with Crippen molar-refractivity contribution in [2.24, 2.45) is 0 Å². The van der Waals surface area contributed by atoms with Crippen LogP contribution in [0.4, 0.5) is 13.2 Å². The zero-order valence-corrected chi connectivity index (χ0v) is 9.19. The van der Waals surface area contributed by atoms with Crippen molar-refractivity contribution >= 4 is 22.7 Å². The molecular weight excluding hydrogens is 235 g/mol. The van der Waals surface area contributed by atoms with Crippen molar-refractivity contribution in [3.05, 3.63) is 36.0 Å². The average molecular weight is 243 g/mol. The van der Waals surface area contributed by atoms with Crippen molar-refractivity contribution < 1.29 is 13.2 Å². The Hall–Kier alpha value is -1.23. The SMILES string of the molecule is CSc1ccc2nc(C(F)(F)F)ccc2c1. The summed E-state index contributed by atoms with van der Waals surface area (Å²) in [7, 11) is 0. The van der Waals surface area contributed by atoms with E-state index in [2.05, 4.69) is 4.98 Å². The number of benzene rings is 1. The van der Waals surface area contributed by atoms with Gasteiger partial charge in [-0.3, -0.25) is 0 Å². The van der Waals surface area contributed by atoms with Gasteiger partial charge in [0.25, 0.3) is 0 Å². The first-order valence-electron chi connectivity index (χ1n) is 4.53. The van der Waals surface area contributed by atoms with Gasteiger partial charge in [0.05, 0.1) is 5.52 Å². The van der Waals surface area contributed by atoms with Gasteiger partial charge >= 0.3 is 6.18 Å². The monoisotopic (exact) mass is 243 g/mol. The van der Waals surface area contributed by atoms with E-state index in [9.17, 15) is 13.2 Å². The normalized spacial score (nSPS) is 12.0. The first-order valence-corrected chi connectivity index (χ1v) is 5.75. The highest BCUT2D eigenvalue weighted by Gasteiger charge is 2.32. The second kappa shape index (κ2) is 3.97. The number of rotatable bonds is 1. The van der Waals surface area contributed by atoms with Crippen LogP contribution in [0.2, 0.25) is 0 Å². The van der Waals surface area contributed by atoms with Crippen LogP contribution >= 0.6 is 11.8 Å². The Morgan fingerprint density at radius 3 is 2.50 bits per heavy atom. The molecule has 0 aliphatic heterocycles. The third-order valence-corrected chi connectivity index (χ3v) is 2.91. The molecule has 0 unspecified atom stereocenters. The fraction of sp³-hybridized carbons (Fsp3) is 0.182. The number of aromatic nitrogens is 1. The van der Waals surface area contributed by atoms with Crippen LogP contribution in [0.1, 0.15) is 5.69 Å². The van der Waals surface area contributed by atoms with E-state index in [0.29, 0.717) is 5.52 Å². The lowest BCUT2D eigenvalue weighted by molar-refractivity contribution is -0.140. The quantitative estimate of drug-likeness (QED) is 0.703. The molecule has 0 amide bonds. The molecule has 0 spiro atoms. The van der Waals surface area contributed by atoms with Crippen LogP contribution in [0, 0.1) is 0 Å². The number of alkyl halides is 3. The smallest absolute Gasteiger partial charge is 0.243 e. The largest absolute Gasteiger partial charge is 0.433 e. The molecule has 0 atom stereocenters. The lowest BCUT2D eigenvalue weighted by Gasteiger charge is -2.07. The number of hydrogen-bond acceptors (Lipinski definition) is 2. The number of halogens is 3. The maximum atomic E-state index is 12.4. The molecule has 84 valence electrons. The zero-order valence-electron chi connectivity index (χ0n) is 8.38. The van der Waals surface area contributed by atoms with Crippen molar-refractivity contribution in [3.8, 4) is 0 Å². The van der Waals surface area contributed by atoms with Gasteiger partial charge in [-0.1, -0.05) is 6.07 Å². The van der Waals surface area contributed by atoms with E-state index in [-0.39, 0.29) is 0 Å². The zero-order chi connectivity index (χ0) is 11.8. The van der Waals surface area contributed by atoms with Gasteiger partial charge in [0.15, 0.2) is 0 Å². The van der Waals surface area contributed by atoms with Gasteiger partial charge in [-0.2, -0.15) is 13.2 Å². The molecule has 5 heteroatoms. The van der Waals surface area contributed by atoms with Crippen molar-refractivity contribution in [2.75, 3.05) is 6.26 Å². The van der Waals surface area contributed by atoms with Gasteiger partial charge in [-0.25, -0.2) is 4.98 Å². The molecule has 2 rings (SSSR count). The summed E-state index contributed by atoms with van der Waals surface area (Å²) in [5.74, 6) is 0. The summed E-state index contributed by atoms with van der Waals surface area (Å²) >= 11 is 1.54. The van der Waals surface area contributed by atoms with Crippen LogP contribution in [-0.2, 0) is 6.18 Å². The molecule has 0 N–H and O–H groups in total. The van der Waals surface area contributed by atoms with Gasteiger partial charge in [-0.05, 0) is 30.5 Å². The predicted molar refractivity (Wildman–Crippen MR) is 58.5 cm³/mol. The van der Waals surface area contributed by atoms with Crippen LogP contribution in [0.5, 0.6) is 0 Å². The summed E-state index contributed by atoms with van der Waals surface area (Å²) in [6.07, 6.45) is -2.47. The first kappa shape index (κ1) is 11.3. The molecule has 0 radical (unpaired) electrons. The Kier molecular flexibility index (Phi) is 2.80. The van der Waals surface area contributed by atoms with E-state index in [1.54, 1.807) is 23.9 Å². The maximum absolute atomic E-state index is 12.4. The van der Waals surface area contributed by atoms with E-state index in [4.69, 9.17) is 0 Å². The predicted octanol–water partition coefficient (Wildman–Crippen LogP) is 3.98. The van der Waals surface area contributed by atoms with Crippen LogP contribution in [0.15, 0.2) is 35.2 Å². The average Bonchev–Trinajstić information content (AvgIpc) is 2.26. The molecule has 1 aromatic heterocycles. The van der Waals surface area contributed by atoms with Crippen molar-refractivity contribution in [2.45, 2.75) is 11.1 Å². The van der Waals surface area contributed by atoms with E-state index >= 15 is 0 Å². The number of hydrogen-bond donors (Lipinski definition) is 0. The molecule has 0 saturated carbocycles. The second-order valence-corrected chi connectivity index (χ2v) is 4.13. The van der Waals surface area contributed by atoms with E-state index in [1.165, 1.54) is 6.07 Å². The minimum absolute atomic E-state index is 0.368. The Morgan fingerprint density at radius 1 is 1.12 bits per heavy atom. The van der Waals surface area contributed by atoms with Gasteiger partial charge in [-0.15, -0.1) is 11.8 Å². The van der Waals surface area contributed by atoms with Crippen LogP contribution in [-0.4, -0.2) is 11.2 Å². The fourth-order valence-electron chi connectivity index (χ4n) is 1.39. The number of thioether (sulfide) groups is 1. The molecule has 1 nitrogen and oxygen atoms in total. The Labute approximate surface area is 94.7 Å². The number of pyridine rings is 1. The van der Waals surface area contributed by atoms with Gasteiger partial charge < -0.3 is 0 Å². The molecule has 2 aromatic rings. The minimum Gasteiger partial charge on any atom is -0.243 e. The third kappa shape index (κ3) is 2.14. The van der Waals surface area contributed by atoms with E-state index < -0.39 is 11.9 Å². The standard InChI is InChI=1S/C11H8F3NS/c1-16-8-3-4-9-7(6-8)2-5-10(15-9)11(12,13)14/h2-6H,1H3. The minimum atomic E-state index is -4.38. The molecule has 16 heavy (non-hydrogen) atoms. The molecule has 1 heterocycles. The lowest BCUT2D eigenvalue weighted by atomic mass is 10.2. The fourth-order valence-corrected chi connectivity index (χ4v) is 1.84. The highest BCUT2D eigenvalue weighted by molar-refractivity contribution is 7.98. The van der Waals surface area contributed by atoms with E-state index in [1.807, 2.05) is 12.3 Å². The van der Waals surface area contributed by atoms with Gasteiger partial charge in [0, 0.05) is 10.3 Å². The summed E-state index contributed by atoms with van der Waals surface area (Å²) in [5.41, 5.74) is -0.482. The Morgan fingerprint density at radius 2 is 1.88 bits per heavy atom. The summed E-state index contributed by atoms with van der Waals surface area (Å²) in [4.78, 5) is 4.60. The van der Waals surface area contributed by atoms with Crippen molar-refractivity contribution in [3.63, 3.8) is 0 Å². The van der Waals surface area contributed by atoms with Crippen molar-refractivity contribution in [1.29, 1.82) is 0 Å². The first-order chi connectivity index (χ1) is 7.50. The summed E-state index contributed by atoms with van der Waals surface area (Å²) in [5, 5.41) is 0.722. The number of nitrogens with zero attached hydrogens (tertiary/aromatic N) is 1. The molecule has 1 aromatic carbocycles. The highest BCUT2D eigenvalue weighted by atomic mass is 32.2. The maximum Gasteiger partial charge on any atom is 0.433 e. The number of fused-ring (bicyclic) bond motifs is 1. The van der Waals surface area contributed by atoms with E-state index in [0.717, 1.165) is 16.3 Å². The molecule has 0 fully saturated rings. The second-order valence-electron chi connectivity index (χ2n) is 3.25. The molecule has 0 saturated heterocycles. The third-order valence-electron chi connectivity index (χ3n) is 2.19. The van der Waals surface area contributed by atoms with Crippen LogP contribution < -0.4 is 0 Å². The lowest BCUT2D eigenvalue weighted by Crippen LogP contribution is -2.07. The van der Waals surface area contributed by atoms with Crippen molar-refractivity contribution in [1.82, 2.24) is 4.98 Å². The molecule has 0 aliphatic carbocycles. The highest BCUT2D eigenvalue weighted by Crippen LogP contribution is 2.29. The van der Waals surface area contributed by atoms with Gasteiger partial charge in [0.1, 0.15) is 5.69 Å². The van der Waals surface area contributed by atoms with Crippen LogP contribution in [0.25, 0.3) is 10.9 Å².